The highest BCUT2D eigenvalue weighted by atomic mass is 15.3. The topological polar surface area (TPSA) is 33.1 Å². The average Bonchev–Trinajstić information content (AvgIpc) is 2.85. The van der Waals surface area contributed by atoms with Crippen LogP contribution in [0.5, 0.6) is 0 Å². The molecular weight excluding hydrogens is 224 g/mol. The lowest BCUT2D eigenvalue weighted by atomic mass is 9.98. The second-order valence-corrected chi connectivity index (χ2v) is 5.29. The zero-order valence-corrected chi connectivity index (χ0v) is 11.7. The molecule has 0 saturated carbocycles. The first-order valence-electron chi connectivity index (χ1n) is 7.25. The van der Waals surface area contributed by atoms with Crippen molar-refractivity contribution in [2.45, 2.75) is 39.2 Å². The number of nitrogens with zero attached hydrogens (tertiary/aromatic N) is 3. The summed E-state index contributed by atoms with van der Waals surface area (Å²) in [6.07, 6.45) is 9.15. The molecule has 2 heterocycles. The standard InChI is InChI=1S/C14H26N4/c1-3-4-8-17-10-7-16-14(17)18-9-5-6-13(12-18)11-15-2/h7,10,13,15H,3-6,8-9,11-12H2,1-2H3. The van der Waals surface area contributed by atoms with Gasteiger partial charge in [-0.25, -0.2) is 4.98 Å². The van der Waals surface area contributed by atoms with Crippen LogP contribution in [-0.4, -0.2) is 36.2 Å². The minimum Gasteiger partial charge on any atom is -0.342 e. The predicted molar refractivity (Wildman–Crippen MR) is 76.0 cm³/mol. The van der Waals surface area contributed by atoms with Gasteiger partial charge in [-0.3, -0.25) is 0 Å². The molecule has 0 aromatic carbocycles. The van der Waals surface area contributed by atoms with E-state index in [2.05, 4.69) is 32.9 Å². The number of imidazole rings is 1. The first-order valence-corrected chi connectivity index (χ1v) is 7.25. The van der Waals surface area contributed by atoms with Crippen molar-refractivity contribution in [2.75, 3.05) is 31.6 Å². The molecule has 1 aromatic heterocycles. The number of anilines is 1. The molecule has 1 aromatic rings. The summed E-state index contributed by atoms with van der Waals surface area (Å²) < 4.78 is 2.31. The Kier molecular flexibility index (Phi) is 5.05. The van der Waals surface area contributed by atoms with Crippen molar-refractivity contribution in [3.05, 3.63) is 12.4 Å². The molecule has 2 rings (SSSR count). The van der Waals surface area contributed by atoms with E-state index < -0.39 is 0 Å². The maximum atomic E-state index is 4.56. The van der Waals surface area contributed by atoms with E-state index in [1.54, 1.807) is 0 Å². The number of rotatable bonds is 6. The van der Waals surface area contributed by atoms with Crippen molar-refractivity contribution >= 4 is 5.95 Å². The van der Waals surface area contributed by atoms with Crippen molar-refractivity contribution in [1.29, 1.82) is 0 Å². The van der Waals surface area contributed by atoms with E-state index in [0.29, 0.717) is 0 Å². The smallest absolute Gasteiger partial charge is 0.205 e. The first kappa shape index (κ1) is 13.4. The fourth-order valence-electron chi connectivity index (χ4n) is 2.79. The van der Waals surface area contributed by atoms with Crippen LogP contribution in [0, 0.1) is 5.92 Å². The minimum atomic E-state index is 0.764. The van der Waals surface area contributed by atoms with E-state index in [4.69, 9.17) is 0 Å². The summed E-state index contributed by atoms with van der Waals surface area (Å²) in [5.41, 5.74) is 0. The fourth-order valence-corrected chi connectivity index (χ4v) is 2.79. The number of piperidine rings is 1. The molecule has 0 spiro atoms. The van der Waals surface area contributed by atoms with Crippen LogP contribution in [0.15, 0.2) is 12.4 Å². The molecule has 18 heavy (non-hydrogen) atoms. The van der Waals surface area contributed by atoms with Gasteiger partial charge < -0.3 is 14.8 Å². The zero-order valence-electron chi connectivity index (χ0n) is 11.7. The van der Waals surface area contributed by atoms with Crippen LogP contribution in [0.3, 0.4) is 0 Å². The van der Waals surface area contributed by atoms with Gasteiger partial charge in [0.05, 0.1) is 0 Å². The largest absolute Gasteiger partial charge is 0.342 e. The highest BCUT2D eigenvalue weighted by Gasteiger charge is 2.22. The minimum absolute atomic E-state index is 0.764. The Hall–Kier alpha value is -1.03. The Morgan fingerprint density at radius 2 is 2.39 bits per heavy atom. The molecule has 1 atom stereocenters. The van der Waals surface area contributed by atoms with Crippen molar-refractivity contribution in [3.8, 4) is 0 Å². The van der Waals surface area contributed by atoms with Gasteiger partial charge in [0, 0.05) is 32.0 Å². The summed E-state index contributed by atoms with van der Waals surface area (Å²) in [6.45, 7) is 6.75. The third kappa shape index (κ3) is 3.25. The van der Waals surface area contributed by atoms with Crippen LogP contribution in [0.25, 0.3) is 0 Å². The molecular formula is C14H26N4. The van der Waals surface area contributed by atoms with E-state index in [0.717, 1.165) is 32.1 Å². The van der Waals surface area contributed by atoms with Crippen LogP contribution < -0.4 is 10.2 Å². The van der Waals surface area contributed by atoms with Gasteiger partial charge in [-0.05, 0) is 38.8 Å². The van der Waals surface area contributed by atoms with E-state index in [1.165, 1.54) is 31.6 Å². The number of nitrogens with one attached hydrogen (secondary N) is 1. The van der Waals surface area contributed by atoms with Gasteiger partial charge in [0.25, 0.3) is 0 Å². The molecule has 4 nitrogen and oxygen atoms in total. The molecule has 0 amide bonds. The second-order valence-electron chi connectivity index (χ2n) is 5.29. The number of aromatic nitrogens is 2. The Labute approximate surface area is 110 Å². The summed E-state index contributed by atoms with van der Waals surface area (Å²) in [7, 11) is 2.04. The average molecular weight is 250 g/mol. The van der Waals surface area contributed by atoms with E-state index >= 15 is 0 Å². The maximum Gasteiger partial charge on any atom is 0.205 e. The van der Waals surface area contributed by atoms with Crippen LogP contribution >= 0.6 is 0 Å². The monoisotopic (exact) mass is 250 g/mol. The molecule has 1 saturated heterocycles. The zero-order chi connectivity index (χ0) is 12.8. The van der Waals surface area contributed by atoms with Crippen molar-refractivity contribution < 1.29 is 0 Å². The number of hydrogen-bond acceptors (Lipinski definition) is 3. The van der Waals surface area contributed by atoms with Crippen LogP contribution in [0.2, 0.25) is 0 Å². The highest BCUT2D eigenvalue weighted by molar-refractivity contribution is 5.32. The van der Waals surface area contributed by atoms with Crippen LogP contribution in [0.1, 0.15) is 32.6 Å². The predicted octanol–water partition coefficient (Wildman–Crippen LogP) is 2.12. The Morgan fingerprint density at radius 3 is 3.17 bits per heavy atom. The SMILES string of the molecule is CCCCn1ccnc1N1CCCC(CNC)C1. The number of aryl methyl sites for hydroxylation is 1. The van der Waals surface area contributed by atoms with E-state index in [9.17, 15) is 0 Å². The number of hydrogen-bond donors (Lipinski definition) is 1. The summed E-state index contributed by atoms with van der Waals surface area (Å²) in [5, 5.41) is 3.30. The van der Waals surface area contributed by atoms with Gasteiger partial charge in [0.2, 0.25) is 5.95 Å². The Bertz CT molecular complexity index is 345. The van der Waals surface area contributed by atoms with Gasteiger partial charge >= 0.3 is 0 Å². The molecule has 1 aliphatic rings. The third-order valence-electron chi connectivity index (χ3n) is 3.74. The molecule has 1 fully saturated rings. The lowest BCUT2D eigenvalue weighted by Gasteiger charge is -2.33. The van der Waals surface area contributed by atoms with Gasteiger partial charge in [-0.2, -0.15) is 0 Å². The van der Waals surface area contributed by atoms with Gasteiger partial charge in [-0.15, -0.1) is 0 Å². The van der Waals surface area contributed by atoms with Crippen molar-refractivity contribution in [3.63, 3.8) is 0 Å². The summed E-state index contributed by atoms with van der Waals surface area (Å²) in [4.78, 5) is 7.02. The molecule has 1 N–H and O–H groups in total. The lowest BCUT2D eigenvalue weighted by Crippen LogP contribution is -2.40. The molecule has 4 heteroatoms. The molecule has 1 unspecified atom stereocenters. The van der Waals surface area contributed by atoms with Crippen LogP contribution in [0.4, 0.5) is 5.95 Å². The fraction of sp³-hybridized carbons (Fsp3) is 0.786. The molecule has 0 radical (unpaired) electrons. The van der Waals surface area contributed by atoms with E-state index in [1.807, 2.05) is 13.2 Å². The molecule has 102 valence electrons. The number of unbranched alkanes of at least 4 members (excludes halogenated alkanes) is 1. The Morgan fingerprint density at radius 1 is 1.50 bits per heavy atom. The summed E-state index contributed by atoms with van der Waals surface area (Å²) in [5.74, 6) is 1.93. The molecule has 0 bridgehead atoms. The van der Waals surface area contributed by atoms with E-state index in [-0.39, 0.29) is 0 Å². The highest BCUT2D eigenvalue weighted by Crippen LogP contribution is 2.21. The molecule has 0 aliphatic carbocycles. The first-order chi connectivity index (χ1) is 8.85. The van der Waals surface area contributed by atoms with Gasteiger partial charge in [-0.1, -0.05) is 13.3 Å². The normalized spacial score (nSPS) is 20.3. The van der Waals surface area contributed by atoms with Crippen LogP contribution in [-0.2, 0) is 6.54 Å². The quantitative estimate of drug-likeness (QED) is 0.839. The third-order valence-corrected chi connectivity index (χ3v) is 3.74. The van der Waals surface area contributed by atoms with Crippen molar-refractivity contribution in [2.24, 2.45) is 5.92 Å². The maximum absolute atomic E-state index is 4.56. The second kappa shape index (κ2) is 6.78. The van der Waals surface area contributed by atoms with Gasteiger partial charge in [0.1, 0.15) is 0 Å². The van der Waals surface area contributed by atoms with Crippen molar-refractivity contribution in [1.82, 2.24) is 14.9 Å². The summed E-state index contributed by atoms with van der Waals surface area (Å²) in [6, 6.07) is 0. The lowest BCUT2D eigenvalue weighted by molar-refractivity contribution is 0.396. The van der Waals surface area contributed by atoms with Gasteiger partial charge in [0.15, 0.2) is 0 Å². The Balaban J connectivity index is 1.99. The summed E-state index contributed by atoms with van der Waals surface area (Å²) >= 11 is 0. The molecule has 1 aliphatic heterocycles.